The van der Waals surface area contributed by atoms with Gasteiger partial charge in [0.2, 0.25) is 0 Å². The molecule has 1 aromatic carbocycles. The Balaban J connectivity index is 2.60. The molecule has 0 aliphatic carbocycles. The summed E-state index contributed by atoms with van der Waals surface area (Å²) in [5.74, 6) is -0.0650. The number of benzene rings is 1. The molecule has 0 atom stereocenters. The lowest BCUT2D eigenvalue weighted by atomic mass is 10.1. The van der Waals surface area contributed by atoms with E-state index in [2.05, 4.69) is 10.6 Å². The van der Waals surface area contributed by atoms with Crippen molar-refractivity contribution in [1.82, 2.24) is 15.5 Å². The van der Waals surface area contributed by atoms with E-state index in [9.17, 15) is 9.59 Å². The maximum absolute atomic E-state index is 11.9. The molecule has 0 radical (unpaired) electrons. The van der Waals surface area contributed by atoms with Crippen LogP contribution in [0, 0.1) is 0 Å². The Morgan fingerprint density at radius 1 is 1.33 bits per heavy atom. The number of nitrogens with two attached hydrogens (primary N) is 1. The van der Waals surface area contributed by atoms with Crippen molar-refractivity contribution in [2.75, 3.05) is 46.6 Å². The molecule has 0 aliphatic rings. The van der Waals surface area contributed by atoms with Crippen LogP contribution in [0.3, 0.4) is 0 Å². The molecule has 0 spiro atoms. The molecule has 0 saturated heterocycles. The van der Waals surface area contributed by atoms with Crippen LogP contribution in [0.25, 0.3) is 0 Å². The molecule has 4 N–H and O–H groups in total. The van der Waals surface area contributed by atoms with Crippen LogP contribution in [0.1, 0.15) is 10.4 Å². The summed E-state index contributed by atoms with van der Waals surface area (Å²) in [6.07, 6.45) is 0. The molecule has 1 aromatic rings. The molecule has 0 fully saturated rings. The van der Waals surface area contributed by atoms with Crippen molar-refractivity contribution in [1.29, 1.82) is 0 Å². The molecule has 21 heavy (non-hydrogen) atoms. The average molecular weight is 294 g/mol. The quantitative estimate of drug-likeness (QED) is 0.599. The molecule has 7 heteroatoms. The van der Waals surface area contributed by atoms with Crippen LogP contribution < -0.4 is 21.1 Å². The number of anilines is 1. The Morgan fingerprint density at radius 2 is 2.05 bits per heavy atom. The molecule has 0 heterocycles. The van der Waals surface area contributed by atoms with Gasteiger partial charge in [0.15, 0.2) is 6.61 Å². The van der Waals surface area contributed by atoms with Crippen molar-refractivity contribution in [3.8, 4) is 5.75 Å². The molecule has 1 rings (SSSR count). The minimum atomic E-state index is -0.250. The van der Waals surface area contributed by atoms with Gasteiger partial charge in [0.1, 0.15) is 5.75 Å². The summed E-state index contributed by atoms with van der Waals surface area (Å²) in [5.41, 5.74) is 6.59. The van der Waals surface area contributed by atoms with E-state index in [4.69, 9.17) is 10.5 Å². The lowest BCUT2D eigenvalue weighted by Crippen LogP contribution is -2.31. The Bertz CT molecular complexity index is 503. The predicted octanol–water partition coefficient (Wildman–Crippen LogP) is -0.315. The number of hydrogen-bond donors (Lipinski definition) is 3. The van der Waals surface area contributed by atoms with Crippen LogP contribution in [0.4, 0.5) is 5.69 Å². The summed E-state index contributed by atoms with van der Waals surface area (Å²) >= 11 is 0. The maximum atomic E-state index is 11.9. The topological polar surface area (TPSA) is 96.7 Å². The van der Waals surface area contributed by atoms with Crippen molar-refractivity contribution >= 4 is 17.5 Å². The number of nitrogen functional groups attached to an aromatic ring is 1. The maximum Gasteiger partial charge on any atom is 0.257 e. The van der Waals surface area contributed by atoms with Gasteiger partial charge in [0, 0.05) is 25.7 Å². The number of amides is 2. The van der Waals surface area contributed by atoms with Crippen molar-refractivity contribution in [2.24, 2.45) is 0 Å². The molecule has 0 saturated carbocycles. The van der Waals surface area contributed by atoms with Crippen LogP contribution in [-0.4, -0.2) is 57.6 Å². The van der Waals surface area contributed by atoms with E-state index in [1.165, 1.54) is 13.1 Å². The summed E-state index contributed by atoms with van der Waals surface area (Å²) in [4.78, 5) is 25.0. The van der Waals surface area contributed by atoms with Gasteiger partial charge in [-0.2, -0.15) is 0 Å². The number of rotatable bonds is 7. The second-order valence-electron chi connectivity index (χ2n) is 4.77. The van der Waals surface area contributed by atoms with E-state index in [0.717, 1.165) is 6.54 Å². The van der Waals surface area contributed by atoms with E-state index < -0.39 is 0 Å². The summed E-state index contributed by atoms with van der Waals surface area (Å²) in [6.45, 7) is 1.20. The fourth-order valence-corrected chi connectivity index (χ4v) is 1.53. The van der Waals surface area contributed by atoms with Gasteiger partial charge in [-0.15, -0.1) is 0 Å². The number of carbonyl (C=O) groups excluding carboxylic acids is 2. The fraction of sp³-hybridized carbons (Fsp3) is 0.429. The SMILES string of the molecule is CNC(=O)COc1ccc(C(=O)NCCN(C)C)cc1N. The monoisotopic (exact) mass is 294 g/mol. The van der Waals surface area contributed by atoms with Gasteiger partial charge < -0.3 is 26.0 Å². The molecular formula is C14H22N4O3. The van der Waals surface area contributed by atoms with E-state index in [1.54, 1.807) is 12.1 Å². The first-order valence-electron chi connectivity index (χ1n) is 6.60. The number of nitrogens with zero attached hydrogens (tertiary/aromatic N) is 1. The molecule has 0 unspecified atom stereocenters. The van der Waals surface area contributed by atoms with Crippen LogP contribution in [0.15, 0.2) is 18.2 Å². The van der Waals surface area contributed by atoms with Crippen molar-refractivity contribution < 1.29 is 14.3 Å². The van der Waals surface area contributed by atoms with Crippen LogP contribution in [0.5, 0.6) is 5.75 Å². The first-order valence-corrected chi connectivity index (χ1v) is 6.60. The zero-order valence-corrected chi connectivity index (χ0v) is 12.6. The average Bonchev–Trinajstić information content (AvgIpc) is 2.44. The largest absolute Gasteiger partial charge is 0.482 e. The van der Waals surface area contributed by atoms with Crippen molar-refractivity contribution in [2.45, 2.75) is 0 Å². The minimum Gasteiger partial charge on any atom is -0.482 e. The lowest BCUT2D eigenvalue weighted by molar-refractivity contribution is -0.122. The predicted molar refractivity (Wildman–Crippen MR) is 81.3 cm³/mol. The zero-order chi connectivity index (χ0) is 15.8. The first kappa shape index (κ1) is 16.8. The third kappa shape index (κ3) is 5.70. The van der Waals surface area contributed by atoms with Crippen LogP contribution >= 0.6 is 0 Å². The highest BCUT2D eigenvalue weighted by molar-refractivity contribution is 5.95. The Kier molecular flexibility index (Phi) is 6.48. The summed E-state index contributed by atoms with van der Waals surface area (Å²) in [6, 6.07) is 4.73. The number of nitrogens with one attached hydrogen (secondary N) is 2. The number of likely N-dealkylation sites (N-methyl/N-ethyl adjacent to an activating group) is 2. The molecule has 0 aromatic heterocycles. The van der Waals surface area contributed by atoms with Gasteiger partial charge in [-0.3, -0.25) is 9.59 Å². The van der Waals surface area contributed by atoms with Gasteiger partial charge >= 0.3 is 0 Å². The Labute approximate surface area is 124 Å². The molecule has 0 aliphatic heterocycles. The zero-order valence-electron chi connectivity index (χ0n) is 12.6. The minimum absolute atomic E-state index is 0.116. The van der Waals surface area contributed by atoms with Gasteiger partial charge in [0.25, 0.3) is 11.8 Å². The normalized spacial score (nSPS) is 10.3. The van der Waals surface area contributed by atoms with E-state index in [-0.39, 0.29) is 18.4 Å². The highest BCUT2D eigenvalue weighted by Gasteiger charge is 2.09. The highest BCUT2D eigenvalue weighted by Crippen LogP contribution is 2.22. The smallest absolute Gasteiger partial charge is 0.257 e. The highest BCUT2D eigenvalue weighted by atomic mass is 16.5. The number of hydrogen-bond acceptors (Lipinski definition) is 5. The van der Waals surface area contributed by atoms with Crippen LogP contribution in [0.2, 0.25) is 0 Å². The van der Waals surface area contributed by atoms with Gasteiger partial charge in [0.05, 0.1) is 5.69 Å². The fourth-order valence-electron chi connectivity index (χ4n) is 1.53. The van der Waals surface area contributed by atoms with Crippen molar-refractivity contribution in [3.05, 3.63) is 23.8 Å². The second-order valence-corrected chi connectivity index (χ2v) is 4.77. The lowest BCUT2D eigenvalue weighted by Gasteiger charge is -2.12. The summed E-state index contributed by atoms with van der Waals surface area (Å²) < 4.78 is 5.26. The first-order chi connectivity index (χ1) is 9.93. The third-order valence-electron chi connectivity index (χ3n) is 2.75. The molecule has 0 bridgehead atoms. The van der Waals surface area contributed by atoms with Crippen molar-refractivity contribution in [3.63, 3.8) is 0 Å². The Morgan fingerprint density at radius 3 is 2.62 bits per heavy atom. The molecule has 7 nitrogen and oxygen atoms in total. The standard InChI is InChI=1S/C14H22N4O3/c1-16-13(19)9-21-12-5-4-10(8-11(12)15)14(20)17-6-7-18(2)3/h4-5,8H,6-7,9,15H2,1-3H3,(H,16,19)(H,17,20). The molecule has 116 valence electrons. The summed E-state index contributed by atoms with van der Waals surface area (Å²) in [7, 11) is 5.39. The van der Waals surface area contributed by atoms with Gasteiger partial charge in [-0.25, -0.2) is 0 Å². The van der Waals surface area contributed by atoms with E-state index >= 15 is 0 Å². The second kappa shape index (κ2) is 8.11. The number of carbonyl (C=O) groups is 2. The third-order valence-corrected chi connectivity index (χ3v) is 2.75. The van der Waals surface area contributed by atoms with Gasteiger partial charge in [-0.05, 0) is 32.3 Å². The van der Waals surface area contributed by atoms with E-state index in [0.29, 0.717) is 23.5 Å². The van der Waals surface area contributed by atoms with E-state index in [1.807, 2.05) is 19.0 Å². The van der Waals surface area contributed by atoms with Gasteiger partial charge in [-0.1, -0.05) is 0 Å². The van der Waals surface area contributed by atoms with Crippen LogP contribution in [-0.2, 0) is 4.79 Å². The molecular weight excluding hydrogens is 272 g/mol. The Hall–Kier alpha value is -2.28. The molecule has 2 amide bonds. The summed E-state index contributed by atoms with van der Waals surface area (Å²) in [5, 5.41) is 5.24. The number of ether oxygens (including phenoxy) is 1.